The molecule has 0 amide bonds. The second kappa shape index (κ2) is 3.63. The third-order valence-electron chi connectivity index (χ3n) is 3.68. The fourth-order valence-corrected chi connectivity index (χ4v) is 2.60. The normalized spacial score (nSPS) is 29.8. The van der Waals surface area contributed by atoms with Crippen LogP contribution in [-0.2, 0) is 0 Å². The first-order valence-corrected chi connectivity index (χ1v) is 5.81. The van der Waals surface area contributed by atoms with Crippen molar-refractivity contribution in [3.05, 3.63) is 0 Å². The molecule has 0 aromatic heterocycles. The van der Waals surface area contributed by atoms with Gasteiger partial charge in [-0.25, -0.2) is 0 Å². The summed E-state index contributed by atoms with van der Waals surface area (Å²) in [7, 11) is 0. The average molecular weight is 182 g/mol. The minimum atomic E-state index is 0.515. The summed E-state index contributed by atoms with van der Waals surface area (Å²) in [6.45, 7) is 12.1. The summed E-state index contributed by atoms with van der Waals surface area (Å²) in [4.78, 5) is 0. The highest BCUT2D eigenvalue weighted by Crippen LogP contribution is 2.44. The second-order valence-corrected chi connectivity index (χ2v) is 6.68. The van der Waals surface area contributed by atoms with Crippen LogP contribution in [-0.4, -0.2) is 0 Å². The van der Waals surface area contributed by atoms with Gasteiger partial charge in [-0.2, -0.15) is 0 Å². The Morgan fingerprint density at radius 1 is 1.08 bits per heavy atom. The van der Waals surface area contributed by atoms with Gasteiger partial charge in [0, 0.05) is 0 Å². The van der Waals surface area contributed by atoms with E-state index in [4.69, 9.17) is 0 Å². The summed E-state index contributed by atoms with van der Waals surface area (Å²) < 4.78 is 0. The van der Waals surface area contributed by atoms with E-state index in [1.54, 1.807) is 0 Å². The van der Waals surface area contributed by atoms with Crippen molar-refractivity contribution in [1.29, 1.82) is 0 Å². The summed E-state index contributed by atoms with van der Waals surface area (Å²) in [5.41, 5.74) is 1.11. The van der Waals surface area contributed by atoms with Crippen molar-refractivity contribution < 1.29 is 0 Å². The molecule has 1 aliphatic rings. The summed E-state index contributed by atoms with van der Waals surface area (Å²) >= 11 is 0. The predicted octanol–water partition coefficient (Wildman–Crippen LogP) is 4.64. The Morgan fingerprint density at radius 2 is 1.69 bits per heavy atom. The zero-order valence-electron chi connectivity index (χ0n) is 10.1. The summed E-state index contributed by atoms with van der Waals surface area (Å²) in [6.07, 6.45) is 7.20. The molecule has 0 heteroatoms. The smallest absolute Gasteiger partial charge is 0.0351 e. The van der Waals surface area contributed by atoms with E-state index in [1.165, 1.54) is 32.1 Å². The fourth-order valence-electron chi connectivity index (χ4n) is 2.60. The van der Waals surface area contributed by atoms with Gasteiger partial charge in [0.2, 0.25) is 0 Å². The van der Waals surface area contributed by atoms with E-state index < -0.39 is 0 Å². The maximum absolute atomic E-state index is 2.44. The van der Waals surface area contributed by atoms with Gasteiger partial charge >= 0.3 is 0 Å². The molecule has 0 saturated heterocycles. The molecule has 0 N–H and O–H groups in total. The Morgan fingerprint density at radius 3 is 2.23 bits per heavy atom. The third kappa shape index (κ3) is 3.32. The first-order valence-electron chi connectivity index (χ1n) is 5.81. The van der Waals surface area contributed by atoms with Gasteiger partial charge in [0.25, 0.3) is 0 Å². The van der Waals surface area contributed by atoms with E-state index >= 15 is 0 Å². The molecule has 78 valence electrons. The molecule has 13 heavy (non-hydrogen) atoms. The van der Waals surface area contributed by atoms with Crippen molar-refractivity contribution in [3.8, 4) is 0 Å². The zero-order valence-corrected chi connectivity index (χ0v) is 10.1. The minimum Gasteiger partial charge on any atom is -0.0599 e. The summed E-state index contributed by atoms with van der Waals surface area (Å²) in [5, 5.41) is 0. The van der Waals surface area contributed by atoms with Crippen LogP contribution in [0.3, 0.4) is 0 Å². The quantitative estimate of drug-likeness (QED) is 0.479. The minimum absolute atomic E-state index is 0.515. The number of rotatable bonds is 0. The highest BCUT2D eigenvalue weighted by molar-refractivity contribution is 4.83. The lowest BCUT2D eigenvalue weighted by atomic mass is 9.71. The maximum Gasteiger partial charge on any atom is -0.0351 e. The van der Waals surface area contributed by atoms with Crippen LogP contribution < -0.4 is 0 Å². The van der Waals surface area contributed by atoms with Crippen LogP contribution in [0.1, 0.15) is 66.7 Å². The highest BCUT2D eigenvalue weighted by atomic mass is 14.4. The Bertz CT molecular complexity index is 159. The summed E-state index contributed by atoms with van der Waals surface area (Å²) in [6, 6.07) is 0. The molecule has 0 aromatic rings. The van der Waals surface area contributed by atoms with Gasteiger partial charge in [0.1, 0.15) is 0 Å². The molecule has 0 radical (unpaired) electrons. The molecule has 0 heterocycles. The molecule has 1 saturated carbocycles. The predicted molar refractivity (Wildman–Crippen MR) is 59.8 cm³/mol. The van der Waals surface area contributed by atoms with Crippen LogP contribution in [0.15, 0.2) is 0 Å². The third-order valence-corrected chi connectivity index (χ3v) is 3.68. The van der Waals surface area contributed by atoms with E-state index in [1.807, 2.05) is 0 Å². The first kappa shape index (κ1) is 11.1. The molecule has 0 bridgehead atoms. The van der Waals surface area contributed by atoms with Crippen LogP contribution >= 0.6 is 0 Å². The van der Waals surface area contributed by atoms with Gasteiger partial charge in [-0.1, -0.05) is 47.5 Å². The lowest BCUT2D eigenvalue weighted by Gasteiger charge is -2.35. The second-order valence-electron chi connectivity index (χ2n) is 6.68. The maximum atomic E-state index is 2.44. The van der Waals surface area contributed by atoms with Gasteiger partial charge < -0.3 is 0 Å². The van der Waals surface area contributed by atoms with Crippen molar-refractivity contribution in [3.63, 3.8) is 0 Å². The van der Waals surface area contributed by atoms with Crippen molar-refractivity contribution in [2.45, 2.75) is 66.7 Å². The monoisotopic (exact) mass is 182 g/mol. The number of hydrogen-bond acceptors (Lipinski definition) is 0. The lowest BCUT2D eigenvalue weighted by molar-refractivity contribution is 0.158. The molecule has 1 rings (SSSR count). The average Bonchev–Trinajstić information content (AvgIpc) is 2.08. The van der Waals surface area contributed by atoms with E-state index in [9.17, 15) is 0 Å². The molecular weight excluding hydrogens is 156 g/mol. The van der Waals surface area contributed by atoms with Crippen LogP contribution in [0.4, 0.5) is 0 Å². The number of hydrogen-bond donors (Lipinski definition) is 0. The van der Waals surface area contributed by atoms with E-state index in [2.05, 4.69) is 34.6 Å². The molecule has 1 fully saturated rings. The fraction of sp³-hybridized carbons (Fsp3) is 1.00. The van der Waals surface area contributed by atoms with Crippen molar-refractivity contribution in [2.75, 3.05) is 0 Å². The topological polar surface area (TPSA) is 0 Å². The molecule has 0 aliphatic heterocycles. The molecular formula is C13H26. The highest BCUT2D eigenvalue weighted by Gasteiger charge is 2.32. The first-order chi connectivity index (χ1) is 5.81. The van der Waals surface area contributed by atoms with E-state index in [0.29, 0.717) is 10.8 Å². The Balaban J connectivity index is 2.65. The van der Waals surface area contributed by atoms with Crippen LogP contribution in [0.25, 0.3) is 0 Å². The van der Waals surface area contributed by atoms with Gasteiger partial charge in [-0.3, -0.25) is 0 Å². The van der Waals surface area contributed by atoms with Crippen molar-refractivity contribution >= 4 is 0 Å². The van der Waals surface area contributed by atoms with E-state index in [-0.39, 0.29) is 0 Å². The molecule has 1 unspecified atom stereocenters. The Kier molecular flexibility index (Phi) is 3.09. The molecule has 1 aliphatic carbocycles. The van der Waals surface area contributed by atoms with Crippen LogP contribution in [0.5, 0.6) is 0 Å². The van der Waals surface area contributed by atoms with Gasteiger partial charge in [-0.05, 0) is 36.0 Å². The Hall–Kier alpha value is 0. The zero-order chi connectivity index (χ0) is 10.1. The Labute approximate surface area is 84.1 Å². The van der Waals surface area contributed by atoms with Crippen LogP contribution in [0, 0.1) is 16.7 Å². The molecule has 1 atom stereocenters. The van der Waals surface area contributed by atoms with E-state index in [0.717, 1.165) is 5.92 Å². The molecule has 0 spiro atoms. The van der Waals surface area contributed by atoms with Gasteiger partial charge in [0.15, 0.2) is 0 Å². The molecule has 0 aromatic carbocycles. The van der Waals surface area contributed by atoms with Gasteiger partial charge in [-0.15, -0.1) is 0 Å². The molecule has 0 nitrogen and oxygen atoms in total. The summed E-state index contributed by atoms with van der Waals surface area (Å²) in [5.74, 6) is 0.935. The van der Waals surface area contributed by atoms with Crippen LogP contribution in [0.2, 0.25) is 0 Å². The van der Waals surface area contributed by atoms with Gasteiger partial charge in [0.05, 0.1) is 0 Å². The lowest BCUT2D eigenvalue weighted by Crippen LogP contribution is -2.25. The SMILES string of the molecule is CC1(C)CCCCC(C(C)(C)C)C1. The van der Waals surface area contributed by atoms with Crippen molar-refractivity contribution in [1.82, 2.24) is 0 Å². The van der Waals surface area contributed by atoms with Crippen molar-refractivity contribution in [2.24, 2.45) is 16.7 Å². The standard InChI is InChI=1S/C13H26/c1-12(2,3)11-8-6-7-9-13(4,5)10-11/h11H,6-10H2,1-5H3. The largest absolute Gasteiger partial charge is 0.0599 e.